The predicted molar refractivity (Wildman–Crippen MR) is 77.3 cm³/mol. The first-order valence-corrected chi connectivity index (χ1v) is 7.38. The summed E-state index contributed by atoms with van der Waals surface area (Å²) >= 11 is 0. The summed E-state index contributed by atoms with van der Waals surface area (Å²) in [5, 5.41) is 0. The number of benzene rings is 1. The van der Waals surface area contributed by atoms with Crippen LogP contribution in [0.1, 0.15) is 12.5 Å². The summed E-state index contributed by atoms with van der Waals surface area (Å²) in [6, 6.07) is 7.57. The molecule has 4 heteroatoms. The fourth-order valence-electron chi connectivity index (χ4n) is 1.91. The van der Waals surface area contributed by atoms with E-state index in [1.807, 2.05) is 31.2 Å². The second kappa shape index (κ2) is 5.23. The second-order valence-electron chi connectivity index (χ2n) is 4.91. The first-order valence-electron chi connectivity index (χ1n) is 6.07. The van der Waals surface area contributed by atoms with E-state index in [-0.39, 0.29) is 11.5 Å². The Kier molecular flexibility index (Phi) is 3.83. The van der Waals surface area contributed by atoms with Gasteiger partial charge in [-0.1, -0.05) is 23.8 Å². The first-order chi connectivity index (χ1) is 8.90. The van der Waals surface area contributed by atoms with Gasteiger partial charge < -0.3 is 5.73 Å². The maximum absolute atomic E-state index is 12.3. The Morgan fingerprint density at radius 3 is 2.42 bits per heavy atom. The van der Waals surface area contributed by atoms with Crippen molar-refractivity contribution in [1.29, 1.82) is 0 Å². The highest BCUT2D eigenvalue weighted by atomic mass is 32.2. The Labute approximate surface area is 115 Å². The zero-order chi connectivity index (χ0) is 14.0. The summed E-state index contributed by atoms with van der Waals surface area (Å²) in [7, 11) is -1.19. The molecular formula is C15H17NO2S. The number of hydrogen-bond donors (Lipinski definition) is 1. The number of rotatable bonds is 3. The van der Waals surface area contributed by atoms with E-state index < -0.39 is 16.3 Å². The Hall–Kier alpha value is -1.52. The van der Waals surface area contributed by atoms with Crippen molar-refractivity contribution in [3.8, 4) is 0 Å². The lowest BCUT2D eigenvalue weighted by molar-refractivity contribution is -0.110. The highest BCUT2D eigenvalue weighted by Crippen LogP contribution is 2.23. The Balaban J connectivity index is 2.19. The van der Waals surface area contributed by atoms with Crippen LogP contribution >= 0.6 is 0 Å². The van der Waals surface area contributed by atoms with Crippen molar-refractivity contribution in [2.24, 2.45) is 5.73 Å². The van der Waals surface area contributed by atoms with E-state index in [1.165, 1.54) is 12.2 Å². The van der Waals surface area contributed by atoms with Crippen LogP contribution in [-0.2, 0) is 15.6 Å². The van der Waals surface area contributed by atoms with Gasteiger partial charge in [0.15, 0.2) is 5.78 Å². The van der Waals surface area contributed by atoms with Gasteiger partial charge in [0.05, 0.1) is 22.1 Å². The number of hydrogen-bond acceptors (Lipinski definition) is 3. The molecule has 0 aliphatic heterocycles. The van der Waals surface area contributed by atoms with E-state index >= 15 is 0 Å². The molecule has 0 unspecified atom stereocenters. The fourth-order valence-corrected chi connectivity index (χ4v) is 3.27. The molecule has 2 N–H and O–H groups in total. The molecule has 100 valence electrons. The van der Waals surface area contributed by atoms with Gasteiger partial charge in [0, 0.05) is 4.90 Å². The van der Waals surface area contributed by atoms with Crippen molar-refractivity contribution in [3.63, 3.8) is 0 Å². The average Bonchev–Trinajstić information content (AvgIpc) is 2.35. The quantitative estimate of drug-likeness (QED) is 0.916. The number of allylic oxidation sites excluding steroid dienone is 2. The summed E-state index contributed by atoms with van der Waals surface area (Å²) in [5.41, 5.74) is 7.31. The summed E-state index contributed by atoms with van der Waals surface area (Å²) in [4.78, 5) is 12.0. The van der Waals surface area contributed by atoms with Crippen LogP contribution in [0.5, 0.6) is 0 Å². The molecule has 2 atom stereocenters. The molecule has 0 radical (unpaired) electrons. The predicted octanol–water partition coefficient (Wildman–Crippen LogP) is 1.89. The monoisotopic (exact) mass is 275 g/mol. The third-order valence-electron chi connectivity index (χ3n) is 3.29. The van der Waals surface area contributed by atoms with Gasteiger partial charge in [-0.25, -0.2) is 0 Å². The molecule has 0 saturated heterocycles. The van der Waals surface area contributed by atoms with E-state index in [0.717, 1.165) is 16.0 Å². The number of carbonyl (C=O) groups excluding carboxylic acids is 1. The van der Waals surface area contributed by atoms with Gasteiger partial charge in [0.2, 0.25) is 0 Å². The van der Waals surface area contributed by atoms with Crippen molar-refractivity contribution in [3.05, 3.63) is 53.6 Å². The molecule has 2 rings (SSSR count). The second-order valence-corrected chi connectivity index (χ2v) is 6.36. The minimum absolute atomic E-state index is 0.0697. The summed E-state index contributed by atoms with van der Waals surface area (Å²) in [6.07, 6.45) is 4.60. The van der Waals surface area contributed by atoms with E-state index in [1.54, 1.807) is 13.0 Å². The smallest absolute Gasteiger partial charge is 0.178 e. The molecule has 1 aromatic rings. The van der Waals surface area contributed by atoms with Crippen LogP contribution < -0.4 is 5.73 Å². The van der Waals surface area contributed by atoms with Crippen LogP contribution in [0.3, 0.4) is 0 Å². The van der Waals surface area contributed by atoms with Gasteiger partial charge >= 0.3 is 0 Å². The Morgan fingerprint density at radius 2 is 1.84 bits per heavy atom. The van der Waals surface area contributed by atoms with Crippen LogP contribution in [0.25, 0.3) is 0 Å². The molecule has 0 fully saturated rings. The van der Waals surface area contributed by atoms with Gasteiger partial charge in [0.1, 0.15) is 0 Å². The molecular weight excluding hydrogens is 258 g/mol. The molecule has 19 heavy (non-hydrogen) atoms. The molecule has 1 aliphatic rings. The molecule has 1 aromatic carbocycles. The number of aryl methyl sites for hydroxylation is 1. The highest BCUT2D eigenvalue weighted by molar-refractivity contribution is 7.85. The average molecular weight is 275 g/mol. The van der Waals surface area contributed by atoms with Crippen molar-refractivity contribution < 1.29 is 9.00 Å². The molecule has 0 bridgehead atoms. The van der Waals surface area contributed by atoms with Gasteiger partial charge in [-0.05, 0) is 43.7 Å². The lowest BCUT2D eigenvalue weighted by Crippen LogP contribution is -2.45. The molecule has 3 nitrogen and oxygen atoms in total. The molecule has 1 aliphatic carbocycles. The lowest BCUT2D eigenvalue weighted by Gasteiger charge is -2.28. The van der Waals surface area contributed by atoms with Crippen LogP contribution in [0.15, 0.2) is 53.0 Å². The van der Waals surface area contributed by atoms with Gasteiger partial charge in [-0.3, -0.25) is 9.00 Å². The van der Waals surface area contributed by atoms with Crippen molar-refractivity contribution in [2.45, 2.75) is 24.3 Å². The van der Waals surface area contributed by atoms with Crippen LogP contribution in [0, 0.1) is 6.92 Å². The molecule has 0 amide bonds. The molecule has 0 spiro atoms. The van der Waals surface area contributed by atoms with Gasteiger partial charge in [0.25, 0.3) is 0 Å². The largest absolute Gasteiger partial charge is 0.318 e. The van der Waals surface area contributed by atoms with Crippen molar-refractivity contribution in [1.82, 2.24) is 0 Å². The summed E-state index contributed by atoms with van der Waals surface area (Å²) in [5.74, 6) is 0.210. The van der Waals surface area contributed by atoms with Crippen molar-refractivity contribution >= 4 is 16.6 Å². The van der Waals surface area contributed by atoms with Crippen LogP contribution in [0.4, 0.5) is 0 Å². The fraction of sp³-hybridized carbons (Fsp3) is 0.267. The van der Waals surface area contributed by atoms with E-state index in [2.05, 4.69) is 0 Å². The summed E-state index contributed by atoms with van der Waals surface area (Å²) in [6.45, 7) is 3.78. The zero-order valence-corrected chi connectivity index (χ0v) is 11.9. The Morgan fingerprint density at radius 1 is 1.21 bits per heavy atom. The van der Waals surface area contributed by atoms with E-state index in [0.29, 0.717) is 0 Å². The molecule has 0 saturated carbocycles. The van der Waals surface area contributed by atoms with Crippen molar-refractivity contribution in [2.75, 3.05) is 5.75 Å². The number of carbonyl (C=O) groups is 1. The zero-order valence-electron chi connectivity index (χ0n) is 11.1. The lowest BCUT2D eigenvalue weighted by atomic mass is 9.88. The topological polar surface area (TPSA) is 60.2 Å². The Bertz CT molecular complexity index is 587. The minimum Gasteiger partial charge on any atom is -0.318 e. The number of ketones is 1. The SMILES string of the molecule is CC1=CC(=O)C=C[C@]1(N)C[S@@](=O)c1ccc(C)cc1. The maximum Gasteiger partial charge on any atom is 0.178 e. The third-order valence-corrected chi connectivity index (χ3v) is 4.83. The maximum atomic E-state index is 12.3. The van der Waals surface area contributed by atoms with Gasteiger partial charge in [-0.2, -0.15) is 0 Å². The van der Waals surface area contributed by atoms with Crippen LogP contribution in [0.2, 0.25) is 0 Å². The number of nitrogens with two attached hydrogens (primary N) is 1. The first kappa shape index (κ1) is 13.9. The third kappa shape index (κ3) is 3.08. The minimum atomic E-state index is -1.19. The molecule has 0 aromatic heterocycles. The van der Waals surface area contributed by atoms with E-state index in [4.69, 9.17) is 5.73 Å². The highest BCUT2D eigenvalue weighted by Gasteiger charge is 2.30. The molecule has 0 heterocycles. The standard InChI is InChI=1S/C15H17NO2S/c1-11-3-5-14(6-4-11)19(18)10-15(16)8-7-13(17)9-12(15)2/h3-9H,10,16H2,1-2H3/t15-,19+/m0/s1. The normalized spacial score (nSPS) is 24.2. The van der Waals surface area contributed by atoms with Gasteiger partial charge in [-0.15, -0.1) is 0 Å². The van der Waals surface area contributed by atoms with Crippen LogP contribution in [-0.4, -0.2) is 21.3 Å². The van der Waals surface area contributed by atoms with E-state index in [9.17, 15) is 9.00 Å². The summed E-state index contributed by atoms with van der Waals surface area (Å²) < 4.78 is 12.3.